The van der Waals surface area contributed by atoms with Crippen LogP contribution in [0.1, 0.15) is 26.2 Å². The molecule has 2 unspecified atom stereocenters. The predicted molar refractivity (Wildman–Crippen MR) is 39.7 cm³/mol. The number of aldehydes is 1. The van der Waals surface area contributed by atoms with Gasteiger partial charge < -0.3 is 9.59 Å². The third-order valence-electron chi connectivity index (χ3n) is 2.10. The Morgan fingerprint density at radius 3 is 2.20 bits per heavy atom. The molecule has 10 heavy (non-hydrogen) atoms. The van der Waals surface area contributed by atoms with Crippen molar-refractivity contribution < 1.29 is 9.59 Å². The van der Waals surface area contributed by atoms with Gasteiger partial charge in [-0.2, -0.15) is 0 Å². The van der Waals surface area contributed by atoms with Crippen LogP contribution in [0.2, 0.25) is 0 Å². The quantitative estimate of drug-likeness (QED) is 0.519. The molecule has 0 spiro atoms. The molecule has 2 atom stereocenters. The highest BCUT2D eigenvalue weighted by Gasteiger charge is 2.21. The smallest absolute Gasteiger partial charge is 0.123 e. The summed E-state index contributed by atoms with van der Waals surface area (Å²) in [6.07, 6.45) is 4.75. The first-order valence-corrected chi connectivity index (χ1v) is 3.58. The Labute approximate surface area is 61.6 Å². The summed E-state index contributed by atoms with van der Waals surface area (Å²) in [4.78, 5) is 18.2. The second-order valence-electron chi connectivity index (χ2n) is 2.71. The fourth-order valence-electron chi connectivity index (χ4n) is 1.38. The summed E-state index contributed by atoms with van der Waals surface area (Å²) in [5.41, 5.74) is 0. The van der Waals surface area contributed by atoms with Crippen LogP contribution < -0.4 is 0 Å². The van der Waals surface area contributed by atoms with Crippen molar-refractivity contribution in [3.63, 3.8) is 0 Å². The molecule has 1 saturated carbocycles. The lowest BCUT2D eigenvalue weighted by Gasteiger charge is -2.03. The van der Waals surface area contributed by atoms with Crippen LogP contribution in [-0.2, 0) is 9.59 Å². The SMILES string of the molecule is C=O.CC1CCCC1C=O. The van der Waals surface area contributed by atoms with Gasteiger partial charge in [-0.25, -0.2) is 0 Å². The topological polar surface area (TPSA) is 34.1 Å². The molecule has 0 aromatic heterocycles. The minimum atomic E-state index is 0.384. The lowest BCUT2D eigenvalue weighted by Crippen LogP contribution is -2.03. The van der Waals surface area contributed by atoms with Crippen LogP contribution in [0.4, 0.5) is 0 Å². The van der Waals surface area contributed by atoms with Crippen LogP contribution >= 0.6 is 0 Å². The standard InChI is InChI=1S/C7H12O.CH2O/c1-6-3-2-4-7(6)5-8;1-2/h5-7H,2-4H2,1H3;1H2. The van der Waals surface area contributed by atoms with E-state index in [0.717, 1.165) is 12.7 Å². The van der Waals surface area contributed by atoms with Gasteiger partial charge in [0.05, 0.1) is 0 Å². The van der Waals surface area contributed by atoms with Gasteiger partial charge in [-0.1, -0.05) is 19.8 Å². The Kier molecular flexibility index (Phi) is 4.81. The summed E-state index contributed by atoms with van der Waals surface area (Å²) in [5, 5.41) is 0. The minimum Gasteiger partial charge on any atom is -0.307 e. The highest BCUT2D eigenvalue weighted by molar-refractivity contribution is 5.54. The van der Waals surface area contributed by atoms with Crippen LogP contribution in [0, 0.1) is 11.8 Å². The van der Waals surface area contributed by atoms with Crippen molar-refractivity contribution in [3.05, 3.63) is 0 Å². The van der Waals surface area contributed by atoms with E-state index in [9.17, 15) is 4.79 Å². The summed E-state index contributed by atoms with van der Waals surface area (Å²) in [5.74, 6) is 1.04. The van der Waals surface area contributed by atoms with Crippen molar-refractivity contribution in [1.29, 1.82) is 0 Å². The normalized spacial score (nSPS) is 30.5. The maximum absolute atomic E-state index is 10.2. The first-order valence-electron chi connectivity index (χ1n) is 3.58. The Hall–Kier alpha value is -0.660. The highest BCUT2D eigenvalue weighted by atomic mass is 16.1. The molecule has 0 heterocycles. The van der Waals surface area contributed by atoms with Crippen molar-refractivity contribution in [2.75, 3.05) is 0 Å². The fraction of sp³-hybridized carbons (Fsp3) is 0.750. The lowest BCUT2D eigenvalue weighted by molar-refractivity contribution is -0.111. The Balaban J connectivity index is 0.000000371. The predicted octanol–water partition coefficient (Wildman–Crippen LogP) is 1.44. The Bertz CT molecular complexity index is 101. The summed E-state index contributed by atoms with van der Waals surface area (Å²) in [7, 11) is 0. The zero-order valence-corrected chi connectivity index (χ0v) is 6.38. The number of hydrogen-bond acceptors (Lipinski definition) is 2. The average Bonchev–Trinajstić information content (AvgIpc) is 2.39. The van der Waals surface area contributed by atoms with E-state index < -0.39 is 0 Å². The molecule has 0 radical (unpaired) electrons. The third kappa shape index (κ3) is 2.29. The van der Waals surface area contributed by atoms with E-state index in [0.29, 0.717) is 11.8 Å². The molecule has 0 aliphatic heterocycles. The zero-order valence-electron chi connectivity index (χ0n) is 6.38. The van der Waals surface area contributed by atoms with E-state index in [4.69, 9.17) is 4.79 Å². The minimum absolute atomic E-state index is 0.384. The van der Waals surface area contributed by atoms with Crippen LogP contribution in [0.25, 0.3) is 0 Å². The van der Waals surface area contributed by atoms with Crippen molar-refractivity contribution in [2.45, 2.75) is 26.2 Å². The van der Waals surface area contributed by atoms with E-state index in [2.05, 4.69) is 6.92 Å². The monoisotopic (exact) mass is 142 g/mol. The van der Waals surface area contributed by atoms with Gasteiger partial charge in [0.15, 0.2) is 0 Å². The average molecular weight is 142 g/mol. The van der Waals surface area contributed by atoms with Gasteiger partial charge in [0.1, 0.15) is 13.1 Å². The third-order valence-corrected chi connectivity index (χ3v) is 2.10. The molecule has 0 N–H and O–H groups in total. The van der Waals surface area contributed by atoms with Crippen LogP contribution in [0.5, 0.6) is 0 Å². The summed E-state index contributed by atoms with van der Waals surface area (Å²) >= 11 is 0. The van der Waals surface area contributed by atoms with E-state index >= 15 is 0 Å². The number of carbonyl (C=O) groups is 2. The van der Waals surface area contributed by atoms with E-state index in [-0.39, 0.29) is 0 Å². The van der Waals surface area contributed by atoms with Gasteiger partial charge >= 0.3 is 0 Å². The van der Waals surface area contributed by atoms with Gasteiger partial charge in [-0.05, 0) is 12.3 Å². The van der Waals surface area contributed by atoms with Crippen molar-refractivity contribution in [1.82, 2.24) is 0 Å². The molecular weight excluding hydrogens is 128 g/mol. The van der Waals surface area contributed by atoms with Crippen LogP contribution in [-0.4, -0.2) is 13.1 Å². The van der Waals surface area contributed by atoms with E-state index in [1.807, 2.05) is 6.79 Å². The number of hydrogen-bond donors (Lipinski definition) is 0. The van der Waals surface area contributed by atoms with Gasteiger partial charge in [0, 0.05) is 5.92 Å². The van der Waals surface area contributed by atoms with E-state index in [1.54, 1.807) is 0 Å². The summed E-state index contributed by atoms with van der Waals surface area (Å²) < 4.78 is 0. The Morgan fingerprint density at radius 1 is 1.40 bits per heavy atom. The first-order chi connectivity index (χ1) is 4.84. The summed E-state index contributed by atoms with van der Waals surface area (Å²) in [6.45, 7) is 4.16. The zero-order chi connectivity index (χ0) is 7.98. The second-order valence-corrected chi connectivity index (χ2v) is 2.71. The molecular formula is C8H14O2. The second kappa shape index (κ2) is 5.15. The van der Waals surface area contributed by atoms with Gasteiger partial charge in [-0.15, -0.1) is 0 Å². The molecule has 0 bridgehead atoms. The van der Waals surface area contributed by atoms with Gasteiger partial charge in [-0.3, -0.25) is 0 Å². The van der Waals surface area contributed by atoms with Crippen LogP contribution in [0.15, 0.2) is 0 Å². The Morgan fingerprint density at radius 2 is 2.00 bits per heavy atom. The molecule has 0 amide bonds. The molecule has 1 aliphatic rings. The molecule has 1 fully saturated rings. The van der Waals surface area contributed by atoms with Crippen LogP contribution in [0.3, 0.4) is 0 Å². The van der Waals surface area contributed by atoms with E-state index in [1.165, 1.54) is 12.8 Å². The fourth-order valence-corrected chi connectivity index (χ4v) is 1.38. The molecule has 2 heteroatoms. The summed E-state index contributed by atoms with van der Waals surface area (Å²) in [6, 6.07) is 0. The molecule has 58 valence electrons. The highest BCUT2D eigenvalue weighted by Crippen LogP contribution is 2.28. The van der Waals surface area contributed by atoms with Crippen molar-refractivity contribution >= 4 is 13.1 Å². The number of rotatable bonds is 1. The first kappa shape index (κ1) is 9.34. The molecule has 2 nitrogen and oxygen atoms in total. The van der Waals surface area contributed by atoms with Gasteiger partial charge in [0.25, 0.3) is 0 Å². The van der Waals surface area contributed by atoms with Crippen molar-refractivity contribution in [2.24, 2.45) is 11.8 Å². The number of carbonyl (C=O) groups excluding carboxylic acids is 2. The van der Waals surface area contributed by atoms with Gasteiger partial charge in [0.2, 0.25) is 0 Å². The molecule has 0 aromatic carbocycles. The maximum atomic E-state index is 10.2. The maximum Gasteiger partial charge on any atom is 0.123 e. The molecule has 1 rings (SSSR count). The largest absolute Gasteiger partial charge is 0.307 e. The lowest BCUT2D eigenvalue weighted by atomic mass is 10.0. The molecule has 1 aliphatic carbocycles. The molecule has 0 saturated heterocycles. The molecule has 0 aromatic rings. The van der Waals surface area contributed by atoms with Crippen molar-refractivity contribution in [3.8, 4) is 0 Å².